The van der Waals surface area contributed by atoms with Crippen molar-refractivity contribution in [1.82, 2.24) is 0 Å². The zero-order valence-electron chi connectivity index (χ0n) is 12.1. The summed E-state index contributed by atoms with van der Waals surface area (Å²) in [4.78, 5) is 0. The van der Waals surface area contributed by atoms with Crippen molar-refractivity contribution in [3.05, 3.63) is 65.2 Å². The van der Waals surface area contributed by atoms with Crippen LogP contribution in [-0.2, 0) is 6.42 Å². The summed E-state index contributed by atoms with van der Waals surface area (Å²) in [5.41, 5.74) is 5.27. The van der Waals surface area contributed by atoms with Gasteiger partial charge in [0.2, 0.25) is 0 Å². The Bertz CT molecular complexity index is 513. The Kier molecular flexibility index (Phi) is 4.62. The van der Waals surface area contributed by atoms with Gasteiger partial charge in [-0.2, -0.15) is 0 Å². The molecule has 2 aromatic rings. The van der Waals surface area contributed by atoms with Crippen LogP contribution >= 0.6 is 0 Å². The van der Waals surface area contributed by atoms with Gasteiger partial charge in [0, 0.05) is 11.7 Å². The second kappa shape index (κ2) is 6.42. The van der Waals surface area contributed by atoms with Crippen LogP contribution in [-0.4, -0.2) is 0 Å². The molecule has 2 rings (SSSR count). The monoisotopic (exact) mass is 253 g/mol. The molecule has 0 heterocycles. The second-order valence-electron chi connectivity index (χ2n) is 5.17. The first-order chi connectivity index (χ1) is 9.20. The molecule has 0 amide bonds. The van der Waals surface area contributed by atoms with E-state index in [9.17, 15) is 0 Å². The zero-order valence-corrected chi connectivity index (χ0v) is 12.1. The van der Waals surface area contributed by atoms with E-state index >= 15 is 0 Å². The van der Waals surface area contributed by atoms with Gasteiger partial charge in [-0.15, -0.1) is 0 Å². The van der Waals surface area contributed by atoms with E-state index in [-0.39, 0.29) is 0 Å². The van der Waals surface area contributed by atoms with Crippen LogP contribution in [0.3, 0.4) is 0 Å². The number of aryl methyl sites for hydroxylation is 2. The lowest BCUT2D eigenvalue weighted by Gasteiger charge is -2.17. The van der Waals surface area contributed by atoms with Gasteiger partial charge < -0.3 is 5.32 Å². The summed E-state index contributed by atoms with van der Waals surface area (Å²) in [6.07, 6.45) is 2.37. The number of anilines is 1. The molecule has 0 aliphatic carbocycles. The highest BCUT2D eigenvalue weighted by Crippen LogP contribution is 2.22. The Morgan fingerprint density at radius 2 is 1.68 bits per heavy atom. The lowest BCUT2D eigenvalue weighted by atomic mass is 10.0. The van der Waals surface area contributed by atoms with Gasteiger partial charge in [0.25, 0.3) is 0 Å². The van der Waals surface area contributed by atoms with E-state index in [0.717, 1.165) is 0 Å². The van der Waals surface area contributed by atoms with Crippen molar-refractivity contribution < 1.29 is 0 Å². The molecule has 1 N–H and O–H groups in total. The molecule has 0 spiro atoms. The fourth-order valence-electron chi connectivity index (χ4n) is 2.31. The fourth-order valence-corrected chi connectivity index (χ4v) is 2.31. The van der Waals surface area contributed by atoms with E-state index in [0.29, 0.717) is 6.04 Å². The molecule has 100 valence electrons. The van der Waals surface area contributed by atoms with Crippen molar-refractivity contribution >= 4 is 5.69 Å². The first-order valence-electron chi connectivity index (χ1n) is 7.11. The molecule has 0 aromatic heterocycles. The predicted molar refractivity (Wildman–Crippen MR) is 83.7 cm³/mol. The largest absolute Gasteiger partial charge is 0.378 e. The molecule has 1 nitrogen and oxygen atoms in total. The van der Waals surface area contributed by atoms with Gasteiger partial charge in [-0.3, -0.25) is 0 Å². The molecule has 1 atom stereocenters. The van der Waals surface area contributed by atoms with Crippen molar-refractivity contribution in [3.8, 4) is 0 Å². The third-order valence-corrected chi connectivity index (χ3v) is 3.54. The zero-order chi connectivity index (χ0) is 13.7. The van der Waals surface area contributed by atoms with E-state index in [1.807, 2.05) is 0 Å². The summed E-state index contributed by atoms with van der Waals surface area (Å²) in [7, 11) is 0. The van der Waals surface area contributed by atoms with E-state index in [1.165, 1.54) is 35.2 Å². The fraction of sp³-hybridized carbons (Fsp3) is 0.333. The molecule has 0 aliphatic heterocycles. The first kappa shape index (κ1) is 13.7. The van der Waals surface area contributed by atoms with E-state index in [4.69, 9.17) is 0 Å². The number of hydrogen-bond donors (Lipinski definition) is 1. The normalized spacial score (nSPS) is 12.2. The van der Waals surface area contributed by atoms with Gasteiger partial charge in [-0.1, -0.05) is 55.8 Å². The SMILES string of the molecule is CCCc1ccc(C(C)Nc2ccccc2C)cc1. The third kappa shape index (κ3) is 3.60. The summed E-state index contributed by atoms with van der Waals surface area (Å²) in [5.74, 6) is 0. The molecule has 0 saturated heterocycles. The van der Waals surface area contributed by atoms with Gasteiger partial charge in [0.15, 0.2) is 0 Å². The molecule has 19 heavy (non-hydrogen) atoms. The Balaban J connectivity index is 2.07. The maximum atomic E-state index is 3.58. The minimum atomic E-state index is 0.330. The molecule has 1 heteroatoms. The van der Waals surface area contributed by atoms with Crippen molar-refractivity contribution in [2.24, 2.45) is 0 Å². The van der Waals surface area contributed by atoms with E-state index in [1.54, 1.807) is 0 Å². The summed E-state index contributed by atoms with van der Waals surface area (Å²) in [6.45, 7) is 6.57. The minimum absolute atomic E-state index is 0.330. The standard InChI is InChI=1S/C18H23N/c1-4-7-16-10-12-17(13-11-16)15(3)19-18-9-6-5-8-14(18)2/h5-6,8-13,15,19H,4,7H2,1-3H3. The molecule has 0 fully saturated rings. The van der Waals surface area contributed by atoms with Gasteiger partial charge in [0.05, 0.1) is 0 Å². The highest BCUT2D eigenvalue weighted by atomic mass is 14.9. The summed E-state index contributed by atoms with van der Waals surface area (Å²) >= 11 is 0. The van der Waals surface area contributed by atoms with E-state index < -0.39 is 0 Å². The van der Waals surface area contributed by atoms with Crippen LogP contribution in [0, 0.1) is 6.92 Å². The van der Waals surface area contributed by atoms with Gasteiger partial charge in [-0.25, -0.2) is 0 Å². The van der Waals surface area contributed by atoms with Crippen LogP contribution in [0.5, 0.6) is 0 Å². The van der Waals surface area contributed by atoms with Crippen LogP contribution in [0.25, 0.3) is 0 Å². The molecule has 0 bridgehead atoms. The average Bonchev–Trinajstić information content (AvgIpc) is 2.42. The smallest absolute Gasteiger partial charge is 0.0485 e. The van der Waals surface area contributed by atoms with Crippen molar-refractivity contribution in [2.75, 3.05) is 5.32 Å². The minimum Gasteiger partial charge on any atom is -0.378 e. The second-order valence-corrected chi connectivity index (χ2v) is 5.17. The van der Waals surface area contributed by atoms with Crippen LogP contribution in [0.15, 0.2) is 48.5 Å². The van der Waals surface area contributed by atoms with Crippen molar-refractivity contribution in [1.29, 1.82) is 0 Å². The number of para-hydroxylation sites is 1. The van der Waals surface area contributed by atoms with Crippen LogP contribution < -0.4 is 5.32 Å². The maximum Gasteiger partial charge on any atom is 0.0485 e. The highest BCUT2D eigenvalue weighted by molar-refractivity contribution is 5.51. The average molecular weight is 253 g/mol. The Labute approximate surface area is 116 Å². The molecular formula is C18H23N. The summed E-state index contributed by atoms with van der Waals surface area (Å²) in [5, 5.41) is 3.58. The Morgan fingerprint density at radius 1 is 1.00 bits per heavy atom. The number of hydrogen-bond acceptors (Lipinski definition) is 1. The maximum absolute atomic E-state index is 3.58. The molecule has 0 radical (unpaired) electrons. The van der Waals surface area contributed by atoms with Gasteiger partial charge in [-0.05, 0) is 43.0 Å². The van der Waals surface area contributed by atoms with Crippen LogP contribution in [0.1, 0.15) is 43.0 Å². The van der Waals surface area contributed by atoms with Crippen LogP contribution in [0.2, 0.25) is 0 Å². The molecular weight excluding hydrogens is 230 g/mol. The van der Waals surface area contributed by atoms with Gasteiger partial charge in [0.1, 0.15) is 0 Å². The predicted octanol–water partition coefficient (Wildman–Crippen LogP) is 5.12. The molecule has 0 aliphatic rings. The molecule has 2 aromatic carbocycles. The Morgan fingerprint density at radius 3 is 2.32 bits per heavy atom. The van der Waals surface area contributed by atoms with Crippen LogP contribution in [0.4, 0.5) is 5.69 Å². The van der Waals surface area contributed by atoms with E-state index in [2.05, 4.69) is 74.6 Å². The molecule has 0 saturated carbocycles. The third-order valence-electron chi connectivity index (χ3n) is 3.54. The van der Waals surface area contributed by atoms with Gasteiger partial charge >= 0.3 is 0 Å². The summed E-state index contributed by atoms with van der Waals surface area (Å²) in [6, 6.07) is 17.7. The highest BCUT2D eigenvalue weighted by Gasteiger charge is 2.06. The number of nitrogens with one attached hydrogen (secondary N) is 1. The lowest BCUT2D eigenvalue weighted by molar-refractivity contribution is 0.874. The topological polar surface area (TPSA) is 12.0 Å². The summed E-state index contributed by atoms with van der Waals surface area (Å²) < 4.78 is 0. The molecule has 1 unspecified atom stereocenters. The number of rotatable bonds is 5. The van der Waals surface area contributed by atoms with Crippen molar-refractivity contribution in [2.45, 2.75) is 39.7 Å². The first-order valence-corrected chi connectivity index (χ1v) is 7.11. The Hall–Kier alpha value is -1.76. The number of benzene rings is 2. The lowest BCUT2D eigenvalue weighted by Crippen LogP contribution is -2.07. The quantitative estimate of drug-likeness (QED) is 0.779. The van der Waals surface area contributed by atoms with Crippen molar-refractivity contribution in [3.63, 3.8) is 0 Å².